The van der Waals surface area contributed by atoms with Gasteiger partial charge in [-0.1, -0.05) is 12.8 Å². The maximum Gasteiger partial charge on any atom is 0.320 e. The highest BCUT2D eigenvalue weighted by atomic mass is 32.1. The predicted molar refractivity (Wildman–Crippen MR) is 79.0 cm³/mol. The van der Waals surface area contributed by atoms with Crippen LogP contribution < -0.4 is 0 Å². The summed E-state index contributed by atoms with van der Waals surface area (Å²) in [6.07, 6.45) is 6.70. The highest BCUT2D eigenvalue weighted by Gasteiger charge is 2.44. The number of aryl methyl sites for hydroxylation is 1. The lowest BCUT2D eigenvalue weighted by molar-refractivity contribution is -0.142. The van der Waals surface area contributed by atoms with Gasteiger partial charge in [0.25, 0.3) is 0 Å². The maximum atomic E-state index is 11.5. The summed E-state index contributed by atoms with van der Waals surface area (Å²) in [5.41, 5.74) is 2.98. The lowest BCUT2D eigenvalue weighted by Crippen LogP contribution is -2.43. The van der Waals surface area contributed by atoms with Gasteiger partial charge in [-0.25, -0.2) is 4.98 Å². The first kappa shape index (κ1) is 14.0. The van der Waals surface area contributed by atoms with E-state index in [2.05, 4.69) is 9.88 Å². The first-order valence-electron chi connectivity index (χ1n) is 7.54. The number of hydrogen-bond donors (Lipinski definition) is 1. The molecule has 1 aromatic heterocycles. The summed E-state index contributed by atoms with van der Waals surface area (Å²) in [6.45, 7) is 2.90. The van der Waals surface area contributed by atoms with Crippen molar-refractivity contribution < 1.29 is 9.90 Å². The van der Waals surface area contributed by atoms with Crippen molar-refractivity contribution in [3.05, 3.63) is 16.1 Å². The van der Waals surface area contributed by atoms with Crippen LogP contribution in [0.3, 0.4) is 0 Å². The second-order valence-electron chi connectivity index (χ2n) is 6.05. The summed E-state index contributed by atoms with van der Waals surface area (Å²) in [4.78, 5) is 19.4. The standard InChI is InChI=1S/C15H22N2O2S/c1-10-14(20-9-16-10)6-7-17-12-5-3-2-4-11(12)8-13(17)15(18)19/h9,11-13H,2-8H2,1H3,(H,18,19)/t11-,12-,13+/m1/s1. The Bertz CT molecular complexity index is 488. The number of hydrogen-bond acceptors (Lipinski definition) is 4. The minimum absolute atomic E-state index is 0.267. The Kier molecular flexibility index (Phi) is 4.08. The number of carbonyl (C=O) groups is 1. The molecule has 2 fully saturated rings. The molecule has 3 rings (SSSR count). The molecule has 4 nitrogen and oxygen atoms in total. The Morgan fingerprint density at radius 3 is 3.00 bits per heavy atom. The van der Waals surface area contributed by atoms with E-state index in [0.717, 1.165) is 25.1 Å². The monoisotopic (exact) mass is 294 g/mol. The van der Waals surface area contributed by atoms with Crippen LogP contribution in [0.25, 0.3) is 0 Å². The number of nitrogens with zero attached hydrogens (tertiary/aromatic N) is 2. The molecule has 1 saturated carbocycles. The van der Waals surface area contributed by atoms with Gasteiger partial charge in [0.2, 0.25) is 0 Å². The van der Waals surface area contributed by atoms with Crippen molar-refractivity contribution in [2.75, 3.05) is 6.54 Å². The van der Waals surface area contributed by atoms with Crippen LogP contribution >= 0.6 is 11.3 Å². The van der Waals surface area contributed by atoms with Gasteiger partial charge >= 0.3 is 5.97 Å². The molecule has 0 spiro atoms. The van der Waals surface area contributed by atoms with Crippen LogP contribution in [0.15, 0.2) is 5.51 Å². The molecule has 0 radical (unpaired) electrons. The van der Waals surface area contributed by atoms with Crippen molar-refractivity contribution in [3.63, 3.8) is 0 Å². The summed E-state index contributed by atoms with van der Waals surface area (Å²) in [6, 6.07) is 0.231. The van der Waals surface area contributed by atoms with Gasteiger partial charge in [-0.05, 0) is 38.5 Å². The first-order chi connectivity index (χ1) is 9.66. The summed E-state index contributed by atoms with van der Waals surface area (Å²) in [5, 5.41) is 9.49. The SMILES string of the molecule is Cc1ncsc1CCN1[C@@H]2CCCC[C@@H]2C[C@H]1C(=O)O. The normalized spacial score (nSPS) is 30.4. The molecule has 2 aliphatic rings. The fourth-order valence-electron chi connectivity index (χ4n) is 3.91. The van der Waals surface area contributed by atoms with Crippen molar-refractivity contribution in [3.8, 4) is 0 Å². The van der Waals surface area contributed by atoms with Gasteiger partial charge < -0.3 is 5.11 Å². The van der Waals surface area contributed by atoms with Crippen LogP contribution in [0, 0.1) is 12.8 Å². The Hall–Kier alpha value is -0.940. The van der Waals surface area contributed by atoms with Crippen LogP contribution in [0.4, 0.5) is 0 Å². The third kappa shape index (κ3) is 2.61. The average Bonchev–Trinajstić information content (AvgIpc) is 3.00. The molecule has 0 amide bonds. The minimum atomic E-state index is -0.638. The lowest BCUT2D eigenvalue weighted by Gasteiger charge is -2.32. The van der Waals surface area contributed by atoms with Crippen LogP contribution in [0.1, 0.15) is 42.7 Å². The third-order valence-electron chi connectivity index (χ3n) is 4.95. The smallest absolute Gasteiger partial charge is 0.320 e. The molecule has 1 aliphatic heterocycles. The van der Waals surface area contributed by atoms with Gasteiger partial charge in [0.1, 0.15) is 6.04 Å². The van der Waals surface area contributed by atoms with Crippen molar-refractivity contribution in [2.45, 2.75) is 57.5 Å². The summed E-state index contributed by atoms with van der Waals surface area (Å²) >= 11 is 1.69. The Morgan fingerprint density at radius 1 is 1.50 bits per heavy atom. The van der Waals surface area contributed by atoms with Crippen molar-refractivity contribution >= 4 is 17.3 Å². The summed E-state index contributed by atoms with van der Waals surface area (Å²) < 4.78 is 0. The Balaban J connectivity index is 1.71. The highest BCUT2D eigenvalue weighted by Crippen LogP contribution is 2.39. The van der Waals surface area contributed by atoms with Crippen molar-refractivity contribution in [2.24, 2.45) is 5.92 Å². The zero-order chi connectivity index (χ0) is 14.1. The second-order valence-corrected chi connectivity index (χ2v) is 6.99. The zero-order valence-corrected chi connectivity index (χ0v) is 12.7. The largest absolute Gasteiger partial charge is 0.480 e. The lowest BCUT2D eigenvalue weighted by atomic mass is 9.85. The molecule has 110 valence electrons. The van der Waals surface area contributed by atoms with Crippen LogP contribution in [-0.2, 0) is 11.2 Å². The van der Waals surface area contributed by atoms with E-state index < -0.39 is 5.97 Å². The van der Waals surface area contributed by atoms with E-state index in [1.807, 2.05) is 12.4 Å². The van der Waals surface area contributed by atoms with Gasteiger partial charge in [-0.3, -0.25) is 9.69 Å². The van der Waals surface area contributed by atoms with E-state index in [4.69, 9.17) is 0 Å². The number of aromatic nitrogens is 1. The van der Waals surface area contributed by atoms with Gasteiger partial charge in [-0.15, -0.1) is 11.3 Å². The molecule has 2 heterocycles. The summed E-state index contributed by atoms with van der Waals surface area (Å²) in [7, 11) is 0. The molecule has 20 heavy (non-hydrogen) atoms. The molecule has 1 aliphatic carbocycles. The number of aliphatic carboxylic acids is 1. The molecule has 3 atom stereocenters. The minimum Gasteiger partial charge on any atom is -0.480 e. The topological polar surface area (TPSA) is 53.4 Å². The molecular weight excluding hydrogens is 272 g/mol. The molecular formula is C15H22N2O2S. The average molecular weight is 294 g/mol. The number of carboxylic acid groups (broad SMARTS) is 1. The van der Waals surface area contributed by atoms with E-state index in [0.29, 0.717) is 12.0 Å². The molecule has 1 N–H and O–H groups in total. The number of rotatable bonds is 4. The molecule has 5 heteroatoms. The maximum absolute atomic E-state index is 11.5. The fraction of sp³-hybridized carbons (Fsp3) is 0.733. The number of fused-ring (bicyclic) bond motifs is 1. The fourth-order valence-corrected chi connectivity index (χ4v) is 4.68. The van der Waals surface area contributed by atoms with Gasteiger partial charge in [0, 0.05) is 17.5 Å². The Labute approximate surface area is 123 Å². The Morgan fingerprint density at radius 2 is 2.30 bits per heavy atom. The third-order valence-corrected chi connectivity index (χ3v) is 5.94. The predicted octanol–water partition coefficient (Wildman–Crippen LogP) is 2.71. The molecule has 0 unspecified atom stereocenters. The van der Waals surface area contributed by atoms with Gasteiger partial charge in [0.05, 0.1) is 11.2 Å². The van der Waals surface area contributed by atoms with E-state index >= 15 is 0 Å². The quantitative estimate of drug-likeness (QED) is 0.927. The van der Waals surface area contributed by atoms with E-state index in [-0.39, 0.29) is 6.04 Å². The van der Waals surface area contributed by atoms with Crippen molar-refractivity contribution in [1.29, 1.82) is 0 Å². The first-order valence-corrected chi connectivity index (χ1v) is 8.42. The van der Waals surface area contributed by atoms with Crippen molar-refractivity contribution in [1.82, 2.24) is 9.88 Å². The van der Waals surface area contributed by atoms with E-state index in [9.17, 15) is 9.90 Å². The summed E-state index contributed by atoms with van der Waals surface area (Å²) in [5.74, 6) is -0.0344. The van der Waals surface area contributed by atoms with Crippen LogP contribution in [0.5, 0.6) is 0 Å². The van der Waals surface area contributed by atoms with E-state index in [1.54, 1.807) is 11.3 Å². The van der Waals surface area contributed by atoms with Gasteiger partial charge in [-0.2, -0.15) is 0 Å². The molecule has 1 aromatic rings. The van der Waals surface area contributed by atoms with E-state index in [1.165, 1.54) is 30.6 Å². The molecule has 0 aromatic carbocycles. The molecule has 0 bridgehead atoms. The number of likely N-dealkylation sites (tertiary alicyclic amines) is 1. The highest BCUT2D eigenvalue weighted by molar-refractivity contribution is 7.09. The second kappa shape index (κ2) is 5.82. The van der Waals surface area contributed by atoms with Gasteiger partial charge in [0.15, 0.2) is 0 Å². The number of thiazole rings is 1. The number of carboxylic acids is 1. The van der Waals surface area contributed by atoms with Crippen LogP contribution in [0.2, 0.25) is 0 Å². The zero-order valence-electron chi connectivity index (χ0n) is 11.9. The molecule has 1 saturated heterocycles. The van der Waals surface area contributed by atoms with Crippen LogP contribution in [-0.4, -0.2) is 39.6 Å².